The van der Waals surface area contributed by atoms with Crippen molar-refractivity contribution in [2.24, 2.45) is 11.8 Å². The largest absolute Gasteiger partial charge is 0.493 e. The Bertz CT molecular complexity index is 368. The highest BCUT2D eigenvalue weighted by molar-refractivity contribution is 5.39. The molecule has 1 aromatic carbocycles. The molecule has 3 rings (SSSR count). The van der Waals surface area contributed by atoms with E-state index in [1.165, 1.54) is 31.2 Å². The molecule has 1 nitrogen and oxygen atoms in total. The summed E-state index contributed by atoms with van der Waals surface area (Å²) in [5.74, 6) is 3.68. The van der Waals surface area contributed by atoms with E-state index in [1.807, 2.05) is 13.8 Å². The fourth-order valence-electron chi connectivity index (χ4n) is 2.49. The van der Waals surface area contributed by atoms with Crippen LogP contribution >= 0.6 is 0 Å². The van der Waals surface area contributed by atoms with E-state index in [-0.39, 0.29) is 0 Å². The normalized spacial score (nSPS) is 25.1. The minimum Gasteiger partial charge on any atom is -0.493 e. The van der Waals surface area contributed by atoms with Crippen molar-refractivity contribution in [2.45, 2.75) is 52.4 Å². The number of benzene rings is 1. The molecule has 0 N–H and O–H groups in total. The van der Waals surface area contributed by atoms with Gasteiger partial charge in [-0.3, -0.25) is 0 Å². The molecule has 0 saturated heterocycles. The van der Waals surface area contributed by atoms with E-state index < -0.39 is 0 Å². The predicted octanol–water partition coefficient (Wildman–Crippen LogP) is 5.02. The average Bonchev–Trinajstić information content (AvgIpc) is 3.32. The molecule has 0 aliphatic heterocycles. The lowest BCUT2D eigenvalue weighted by molar-refractivity contribution is 0.296. The predicted molar refractivity (Wildman–Crippen MR) is 77.1 cm³/mol. The summed E-state index contributed by atoms with van der Waals surface area (Å²) in [7, 11) is 0. The van der Waals surface area contributed by atoms with Gasteiger partial charge in [-0.15, -0.1) is 0 Å². The third kappa shape index (κ3) is 3.28. The van der Waals surface area contributed by atoms with Crippen LogP contribution in [0.5, 0.6) is 5.75 Å². The Morgan fingerprint density at radius 2 is 1.89 bits per heavy atom. The number of hydrogen-bond donors (Lipinski definition) is 0. The Kier molecular flexibility index (Phi) is 4.68. The third-order valence-electron chi connectivity index (χ3n) is 3.94. The molecule has 0 spiro atoms. The molecule has 2 saturated carbocycles. The van der Waals surface area contributed by atoms with Gasteiger partial charge in [0.2, 0.25) is 0 Å². The Labute approximate surface area is 112 Å². The first-order valence-electron chi connectivity index (χ1n) is 7.60. The molecule has 2 aliphatic carbocycles. The van der Waals surface area contributed by atoms with Gasteiger partial charge in [0, 0.05) is 0 Å². The van der Waals surface area contributed by atoms with Crippen molar-refractivity contribution in [3.8, 4) is 5.75 Å². The fourth-order valence-corrected chi connectivity index (χ4v) is 2.49. The minimum atomic E-state index is 0.778. The highest BCUT2D eigenvalue weighted by atomic mass is 16.5. The lowest BCUT2D eigenvalue weighted by Crippen LogP contribution is -2.01. The second-order valence-electron chi connectivity index (χ2n) is 5.30. The van der Waals surface area contributed by atoms with E-state index in [2.05, 4.69) is 31.2 Å². The van der Waals surface area contributed by atoms with Crippen LogP contribution in [0.4, 0.5) is 0 Å². The standard InChI is InChI=1S/C15H20O.C2H6/c1-2-12-9-14(12)13-5-3-4-6-15(13)16-10-11-7-8-11;1-2/h3-6,11-12,14H,2,7-10H2,1H3;1-2H3. The molecule has 1 heteroatoms. The zero-order chi connectivity index (χ0) is 13.0. The van der Waals surface area contributed by atoms with Crippen LogP contribution in [0.25, 0.3) is 0 Å². The molecular weight excluding hydrogens is 220 g/mol. The van der Waals surface area contributed by atoms with Gasteiger partial charge in [0.05, 0.1) is 6.61 Å². The average molecular weight is 246 g/mol. The van der Waals surface area contributed by atoms with Crippen molar-refractivity contribution < 1.29 is 4.74 Å². The van der Waals surface area contributed by atoms with Gasteiger partial charge in [-0.2, -0.15) is 0 Å². The van der Waals surface area contributed by atoms with Gasteiger partial charge in [0.15, 0.2) is 0 Å². The number of para-hydroxylation sites is 1. The van der Waals surface area contributed by atoms with Crippen LogP contribution in [0.2, 0.25) is 0 Å². The Balaban J connectivity index is 0.000000574. The van der Waals surface area contributed by atoms with Crippen LogP contribution in [-0.2, 0) is 0 Å². The fraction of sp³-hybridized carbons (Fsp3) is 0.647. The first-order chi connectivity index (χ1) is 8.88. The van der Waals surface area contributed by atoms with Crippen LogP contribution in [0.3, 0.4) is 0 Å². The van der Waals surface area contributed by atoms with Crippen molar-refractivity contribution in [2.75, 3.05) is 6.61 Å². The molecule has 0 heterocycles. The molecular formula is C17H26O. The van der Waals surface area contributed by atoms with E-state index in [0.717, 1.165) is 30.1 Å². The van der Waals surface area contributed by atoms with Crippen LogP contribution in [0, 0.1) is 11.8 Å². The first kappa shape index (κ1) is 13.5. The van der Waals surface area contributed by atoms with Gasteiger partial charge in [-0.25, -0.2) is 0 Å². The van der Waals surface area contributed by atoms with Gasteiger partial charge in [0.25, 0.3) is 0 Å². The molecule has 18 heavy (non-hydrogen) atoms. The zero-order valence-electron chi connectivity index (χ0n) is 12.0. The van der Waals surface area contributed by atoms with E-state index in [1.54, 1.807) is 0 Å². The quantitative estimate of drug-likeness (QED) is 0.709. The lowest BCUT2D eigenvalue weighted by atomic mass is 10.1. The molecule has 2 aliphatic rings. The van der Waals surface area contributed by atoms with Crippen LogP contribution < -0.4 is 4.74 Å². The van der Waals surface area contributed by atoms with Crippen molar-refractivity contribution in [3.63, 3.8) is 0 Å². The molecule has 0 amide bonds. The molecule has 2 unspecified atom stereocenters. The first-order valence-corrected chi connectivity index (χ1v) is 7.60. The molecule has 1 aromatic rings. The molecule has 100 valence electrons. The maximum atomic E-state index is 5.96. The molecule has 2 fully saturated rings. The van der Waals surface area contributed by atoms with Crippen LogP contribution in [0.1, 0.15) is 57.9 Å². The second kappa shape index (κ2) is 6.26. The van der Waals surface area contributed by atoms with E-state index in [4.69, 9.17) is 4.74 Å². The summed E-state index contributed by atoms with van der Waals surface area (Å²) in [5, 5.41) is 0. The minimum absolute atomic E-state index is 0.778. The topological polar surface area (TPSA) is 9.23 Å². The van der Waals surface area contributed by atoms with Gasteiger partial charge in [-0.05, 0) is 48.6 Å². The Morgan fingerprint density at radius 3 is 2.50 bits per heavy atom. The van der Waals surface area contributed by atoms with Gasteiger partial charge in [-0.1, -0.05) is 45.4 Å². The van der Waals surface area contributed by atoms with Crippen molar-refractivity contribution >= 4 is 0 Å². The van der Waals surface area contributed by atoms with E-state index >= 15 is 0 Å². The molecule has 0 bridgehead atoms. The summed E-state index contributed by atoms with van der Waals surface area (Å²) in [4.78, 5) is 0. The molecule has 2 atom stereocenters. The van der Waals surface area contributed by atoms with Crippen molar-refractivity contribution in [1.29, 1.82) is 0 Å². The maximum absolute atomic E-state index is 5.96. The molecule has 0 aromatic heterocycles. The second-order valence-corrected chi connectivity index (χ2v) is 5.30. The van der Waals surface area contributed by atoms with Gasteiger partial charge < -0.3 is 4.74 Å². The summed E-state index contributed by atoms with van der Waals surface area (Å²) in [5.41, 5.74) is 1.45. The van der Waals surface area contributed by atoms with Gasteiger partial charge >= 0.3 is 0 Å². The SMILES string of the molecule is CC.CCC1CC1c1ccccc1OCC1CC1. The monoisotopic (exact) mass is 246 g/mol. The van der Waals surface area contributed by atoms with Crippen molar-refractivity contribution in [1.82, 2.24) is 0 Å². The summed E-state index contributed by atoms with van der Waals surface area (Å²) in [6, 6.07) is 8.63. The highest BCUT2D eigenvalue weighted by Crippen LogP contribution is 2.52. The summed E-state index contributed by atoms with van der Waals surface area (Å²) in [6.45, 7) is 7.22. The zero-order valence-corrected chi connectivity index (χ0v) is 12.0. The van der Waals surface area contributed by atoms with E-state index in [0.29, 0.717) is 0 Å². The Hall–Kier alpha value is -0.980. The van der Waals surface area contributed by atoms with Crippen LogP contribution in [-0.4, -0.2) is 6.61 Å². The van der Waals surface area contributed by atoms with Gasteiger partial charge in [0.1, 0.15) is 5.75 Å². The maximum Gasteiger partial charge on any atom is 0.122 e. The number of ether oxygens (including phenoxy) is 1. The summed E-state index contributed by atoms with van der Waals surface area (Å²) < 4.78 is 5.96. The Morgan fingerprint density at radius 1 is 1.17 bits per heavy atom. The van der Waals surface area contributed by atoms with Crippen LogP contribution in [0.15, 0.2) is 24.3 Å². The summed E-state index contributed by atoms with van der Waals surface area (Å²) >= 11 is 0. The number of hydrogen-bond acceptors (Lipinski definition) is 1. The number of rotatable bonds is 5. The summed E-state index contributed by atoms with van der Waals surface area (Å²) in [6.07, 6.45) is 5.40. The smallest absolute Gasteiger partial charge is 0.122 e. The van der Waals surface area contributed by atoms with Crippen molar-refractivity contribution in [3.05, 3.63) is 29.8 Å². The third-order valence-corrected chi connectivity index (χ3v) is 3.94. The lowest BCUT2D eigenvalue weighted by Gasteiger charge is -2.10. The molecule has 0 radical (unpaired) electrons. The highest BCUT2D eigenvalue weighted by Gasteiger charge is 2.38. The van der Waals surface area contributed by atoms with E-state index in [9.17, 15) is 0 Å².